The van der Waals surface area contributed by atoms with Crippen LogP contribution >= 0.6 is 0 Å². The van der Waals surface area contributed by atoms with Crippen molar-refractivity contribution in [2.24, 2.45) is 0 Å². The van der Waals surface area contributed by atoms with Crippen LogP contribution in [-0.2, 0) is 4.74 Å². The molecule has 0 aliphatic heterocycles. The number of anilines is 2. The highest BCUT2D eigenvalue weighted by Crippen LogP contribution is 2.28. The zero-order valence-electron chi connectivity index (χ0n) is 20.3. The molecule has 2 heterocycles. The molecule has 9 nitrogen and oxygen atoms in total. The molecule has 34 heavy (non-hydrogen) atoms. The highest BCUT2D eigenvalue weighted by atomic mass is 16.5. The number of ether oxygens (including phenoxy) is 2. The Hall–Kier alpha value is -3.72. The number of rotatable bonds is 11. The predicted molar refractivity (Wildman–Crippen MR) is 134 cm³/mol. The van der Waals surface area contributed by atoms with E-state index in [9.17, 15) is 4.79 Å². The summed E-state index contributed by atoms with van der Waals surface area (Å²) in [5.41, 5.74) is 3.25. The summed E-state index contributed by atoms with van der Waals surface area (Å²) in [5.74, 6) is 2.15. The van der Waals surface area contributed by atoms with Crippen molar-refractivity contribution in [3.8, 4) is 17.0 Å². The van der Waals surface area contributed by atoms with Crippen LogP contribution in [0.5, 0.6) is 5.75 Å². The van der Waals surface area contributed by atoms with Gasteiger partial charge in [-0.2, -0.15) is 0 Å². The number of carbonyl (C=O) groups excluding carboxylic acids is 1. The summed E-state index contributed by atoms with van der Waals surface area (Å²) in [6.45, 7) is 5.36. The van der Waals surface area contributed by atoms with Crippen LogP contribution in [0.4, 0.5) is 11.6 Å². The van der Waals surface area contributed by atoms with E-state index in [4.69, 9.17) is 9.47 Å². The number of methoxy groups -OCH3 is 2. The van der Waals surface area contributed by atoms with E-state index in [1.54, 1.807) is 39.6 Å². The van der Waals surface area contributed by atoms with E-state index in [0.717, 1.165) is 22.6 Å². The van der Waals surface area contributed by atoms with E-state index in [-0.39, 0.29) is 17.9 Å². The maximum absolute atomic E-state index is 11.9. The lowest BCUT2D eigenvalue weighted by atomic mass is 9.98. The second kappa shape index (κ2) is 11.9. The normalized spacial score (nSPS) is 12.5. The molecule has 180 valence electrons. The summed E-state index contributed by atoms with van der Waals surface area (Å²) in [6, 6.07) is 11.5. The van der Waals surface area contributed by atoms with E-state index in [1.165, 1.54) is 6.33 Å². The van der Waals surface area contributed by atoms with E-state index in [0.29, 0.717) is 30.3 Å². The minimum atomic E-state index is -0.146. The highest BCUT2D eigenvalue weighted by molar-refractivity contribution is 5.94. The Morgan fingerprint density at radius 1 is 1.03 bits per heavy atom. The largest absolute Gasteiger partial charge is 0.496 e. The van der Waals surface area contributed by atoms with Crippen molar-refractivity contribution in [1.29, 1.82) is 0 Å². The molecule has 3 N–H and O–H groups in total. The molecule has 2 aromatic heterocycles. The Morgan fingerprint density at radius 2 is 1.85 bits per heavy atom. The quantitative estimate of drug-likeness (QED) is 0.395. The van der Waals surface area contributed by atoms with Crippen molar-refractivity contribution < 1.29 is 14.3 Å². The third kappa shape index (κ3) is 6.41. The molecular weight excluding hydrogens is 432 g/mol. The third-order valence-electron chi connectivity index (χ3n) is 5.38. The first-order valence-electron chi connectivity index (χ1n) is 11.1. The lowest BCUT2D eigenvalue weighted by molar-refractivity contribution is 0.0962. The van der Waals surface area contributed by atoms with Crippen molar-refractivity contribution in [2.75, 3.05) is 45.1 Å². The van der Waals surface area contributed by atoms with Crippen LogP contribution in [0.3, 0.4) is 0 Å². The van der Waals surface area contributed by atoms with Crippen molar-refractivity contribution in [3.05, 3.63) is 60.0 Å². The second-order valence-corrected chi connectivity index (χ2v) is 8.04. The molecule has 3 aromatic rings. The molecule has 0 unspecified atom stereocenters. The fourth-order valence-electron chi connectivity index (χ4n) is 3.56. The van der Waals surface area contributed by atoms with Crippen molar-refractivity contribution in [1.82, 2.24) is 20.3 Å². The lowest BCUT2D eigenvalue weighted by Gasteiger charge is -2.17. The van der Waals surface area contributed by atoms with E-state index in [2.05, 4.69) is 37.8 Å². The molecule has 0 aliphatic carbocycles. The molecule has 0 fully saturated rings. The van der Waals surface area contributed by atoms with Crippen LogP contribution in [0, 0.1) is 0 Å². The average molecular weight is 465 g/mol. The molecule has 1 aromatic carbocycles. The van der Waals surface area contributed by atoms with Crippen LogP contribution in [0.2, 0.25) is 0 Å². The van der Waals surface area contributed by atoms with Gasteiger partial charge in [-0.3, -0.25) is 4.79 Å². The Bertz CT molecular complexity index is 1090. The molecule has 0 spiro atoms. The maximum Gasteiger partial charge on any atom is 0.251 e. The zero-order valence-corrected chi connectivity index (χ0v) is 20.3. The number of benzene rings is 1. The van der Waals surface area contributed by atoms with E-state index >= 15 is 0 Å². The Labute approximate surface area is 200 Å². The van der Waals surface area contributed by atoms with Crippen LogP contribution in [-0.4, -0.2) is 61.3 Å². The highest BCUT2D eigenvalue weighted by Gasteiger charge is 2.15. The summed E-state index contributed by atoms with van der Waals surface area (Å²) in [5, 5.41) is 9.29. The summed E-state index contributed by atoms with van der Waals surface area (Å²) < 4.78 is 10.7. The Balaban J connectivity index is 1.66. The number of pyridine rings is 1. The Kier molecular flexibility index (Phi) is 8.75. The van der Waals surface area contributed by atoms with Crippen LogP contribution < -0.4 is 20.7 Å². The summed E-state index contributed by atoms with van der Waals surface area (Å²) >= 11 is 0. The van der Waals surface area contributed by atoms with Crippen LogP contribution in [0.1, 0.15) is 35.7 Å². The third-order valence-corrected chi connectivity index (χ3v) is 5.38. The van der Waals surface area contributed by atoms with Gasteiger partial charge in [-0.15, -0.1) is 0 Å². The van der Waals surface area contributed by atoms with Gasteiger partial charge in [-0.25, -0.2) is 15.0 Å². The molecule has 2 atom stereocenters. The molecule has 9 heteroatoms. The molecule has 0 radical (unpaired) electrons. The summed E-state index contributed by atoms with van der Waals surface area (Å²) in [6.07, 6.45) is 3.32. The summed E-state index contributed by atoms with van der Waals surface area (Å²) in [4.78, 5) is 25.1. The van der Waals surface area contributed by atoms with Crippen molar-refractivity contribution in [2.45, 2.75) is 25.8 Å². The van der Waals surface area contributed by atoms with Gasteiger partial charge in [0.25, 0.3) is 5.91 Å². The fraction of sp³-hybridized carbons (Fsp3) is 0.360. The monoisotopic (exact) mass is 464 g/mol. The fourth-order valence-corrected chi connectivity index (χ4v) is 3.56. The molecule has 0 bridgehead atoms. The predicted octanol–water partition coefficient (Wildman–Crippen LogP) is 3.57. The van der Waals surface area contributed by atoms with Gasteiger partial charge < -0.3 is 25.4 Å². The van der Waals surface area contributed by atoms with Gasteiger partial charge >= 0.3 is 0 Å². The molecule has 0 saturated carbocycles. The molecule has 0 saturated heterocycles. The molecule has 0 aliphatic rings. The van der Waals surface area contributed by atoms with E-state index < -0.39 is 0 Å². The molecular formula is C25H32N6O3. The average Bonchev–Trinajstić information content (AvgIpc) is 2.87. The van der Waals surface area contributed by atoms with Gasteiger partial charge in [0.15, 0.2) is 0 Å². The van der Waals surface area contributed by atoms with Crippen molar-refractivity contribution >= 4 is 17.5 Å². The number of nitrogens with one attached hydrogen (secondary N) is 3. The number of nitrogens with zero attached hydrogens (tertiary/aromatic N) is 3. The topological polar surface area (TPSA) is 110 Å². The van der Waals surface area contributed by atoms with Gasteiger partial charge in [0.1, 0.15) is 23.7 Å². The van der Waals surface area contributed by atoms with Gasteiger partial charge in [0, 0.05) is 56.1 Å². The number of carbonyl (C=O) groups is 1. The SMILES string of the molecule is CNC(=O)c1ccc([C@H](C)CNc2cc(-c3ccc(N[C@@H](C)COC)nc3)ncn2)c(OC)c1. The minimum absolute atomic E-state index is 0.119. The van der Waals surface area contributed by atoms with E-state index in [1.807, 2.05) is 31.2 Å². The lowest BCUT2D eigenvalue weighted by Crippen LogP contribution is -2.21. The van der Waals surface area contributed by atoms with Gasteiger partial charge in [-0.1, -0.05) is 13.0 Å². The smallest absolute Gasteiger partial charge is 0.251 e. The van der Waals surface area contributed by atoms with Gasteiger partial charge in [-0.05, 0) is 36.8 Å². The number of amides is 1. The maximum atomic E-state index is 11.9. The van der Waals surface area contributed by atoms with Crippen LogP contribution in [0.25, 0.3) is 11.3 Å². The van der Waals surface area contributed by atoms with Crippen LogP contribution in [0.15, 0.2) is 48.9 Å². The Morgan fingerprint density at radius 3 is 2.53 bits per heavy atom. The van der Waals surface area contributed by atoms with Gasteiger partial charge in [0.2, 0.25) is 0 Å². The molecule has 1 amide bonds. The standard InChI is InChI=1S/C25H32N6O3/c1-16(20-8-6-18(25(32)26-3)10-22(20)34-5)12-27-24-11-21(29-15-30-24)19-7-9-23(28-13-19)31-17(2)14-33-4/h6-11,13,15-17H,12,14H2,1-5H3,(H,26,32)(H,28,31)(H,27,29,30)/t16-,17+/m1/s1. The number of hydrogen-bond acceptors (Lipinski definition) is 8. The second-order valence-electron chi connectivity index (χ2n) is 8.04. The first kappa shape index (κ1) is 24.9. The number of hydrogen-bond donors (Lipinski definition) is 3. The zero-order chi connectivity index (χ0) is 24.5. The molecule has 3 rings (SSSR count). The minimum Gasteiger partial charge on any atom is -0.496 e. The van der Waals surface area contributed by atoms with Crippen molar-refractivity contribution in [3.63, 3.8) is 0 Å². The first-order chi connectivity index (χ1) is 16.4. The number of aromatic nitrogens is 3. The van der Waals surface area contributed by atoms with Gasteiger partial charge in [0.05, 0.1) is 19.4 Å². The summed E-state index contributed by atoms with van der Waals surface area (Å²) in [7, 11) is 4.89. The first-order valence-corrected chi connectivity index (χ1v) is 11.1.